The van der Waals surface area contributed by atoms with Crippen molar-refractivity contribution in [3.05, 3.63) is 0 Å². The average Bonchev–Trinajstić information content (AvgIpc) is 2.41. The molecular formula is C11H22N2O. The number of nitrogens with two attached hydrogens (primary N) is 1. The lowest BCUT2D eigenvalue weighted by atomic mass is 9.98. The van der Waals surface area contributed by atoms with E-state index in [1.54, 1.807) is 0 Å². The molecule has 2 unspecified atom stereocenters. The highest BCUT2D eigenvalue weighted by Crippen LogP contribution is 2.21. The summed E-state index contributed by atoms with van der Waals surface area (Å²) >= 11 is 0. The first-order valence-corrected chi connectivity index (χ1v) is 5.68. The summed E-state index contributed by atoms with van der Waals surface area (Å²) in [6.45, 7) is 6.22. The second kappa shape index (κ2) is 5.35. The normalized spacial score (nSPS) is 26.9. The summed E-state index contributed by atoms with van der Waals surface area (Å²) in [6, 6.07) is -0.0920. The predicted octanol–water partition coefficient (Wildman–Crippen LogP) is 1.37. The fraction of sp³-hybridized carbons (Fsp3) is 0.909. The monoisotopic (exact) mass is 198 g/mol. The number of primary amides is 1. The maximum absolute atomic E-state index is 11.0. The zero-order valence-electron chi connectivity index (χ0n) is 9.33. The zero-order valence-corrected chi connectivity index (χ0v) is 9.33. The SMILES string of the molecule is CCC1CCCN(C(C)C(N)=O)CC1. The molecule has 0 aromatic rings. The van der Waals surface area contributed by atoms with Crippen LogP contribution < -0.4 is 5.73 Å². The lowest BCUT2D eigenvalue weighted by Crippen LogP contribution is -2.43. The van der Waals surface area contributed by atoms with Crippen LogP contribution in [0, 0.1) is 5.92 Å². The molecule has 3 heteroatoms. The van der Waals surface area contributed by atoms with Crippen LogP contribution >= 0.6 is 0 Å². The van der Waals surface area contributed by atoms with Crippen LogP contribution in [0.15, 0.2) is 0 Å². The highest BCUT2D eigenvalue weighted by atomic mass is 16.1. The van der Waals surface area contributed by atoms with Crippen molar-refractivity contribution in [3.63, 3.8) is 0 Å². The molecule has 1 saturated heterocycles. The van der Waals surface area contributed by atoms with Gasteiger partial charge in [0.25, 0.3) is 0 Å². The molecule has 1 fully saturated rings. The third kappa shape index (κ3) is 2.98. The molecule has 0 aromatic heterocycles. The molecule has 0 radical (unpaired) electrons. The van der Waals surface area contributed by atoms with Gasteiger partial charge in [-0.15, -0.1) is 0 Å². The van der Waals surface area contributed by atoms with Gasteiger partial charge in [0.05, 0.1) is 6.04 Å². The predicted molar refractivity (Wildman–Crippen MR) is 57.9 cm³/mol. The van der Waals surface area contributed by atoms with Gasteiger partial charge in [-0.3, -0.25) is 9.69 Å². The van der Waals surface area contributed by atoms with Crippen molar-refractivity contribution in [3.8, 4) is 0 Å². The maximum atomic E-state index is 11.0. The van der Waals surface area contributed by atoms with Crippen LogP contribution in [0.4, 0.5) is 0 Å². The van der Waals surface area contributed by atoms with Gasteiger partial charge in [0, 0.05) is 0 Å². The van der Waals surface area contributed by atoms with E-state index in [-0.39, 0.29) is 11.9 Å². The number of likely N-dealkylation sites (tertiary alicyclic amines) is 1. The Morgan fingerprint density at radius 1 is 1.50 bits per heavy atom. The van der Waals surface area contributed by atoms with Crippen LogP contribution in [-0.2, 0) is 4.79 Å². The Hall–Kier alpha value is -0.570. The maximum Gasteiger partial charge on any atom is 0.234 e. The Kier molecular flexibility index (Phi) is 4.39. The van der Waals surface area contributed by atoms with Gasteiger partial charge in [0.2, 0.25) is 5.91 Å². The summed E-state index contributed by atoms with van der Waals surface area (Å²) in [4.78, 5) is 13.3. The van der Waals surface area contributed by atoms with E-state index in [1.165, 1.54) is 25.7 Å². The Morgan fingerprint density at radius 3 is 2.79 bits per heavy atom. The van der Waals surface area contributed by atoms with Crippen LogP contribution in [0.3, 0.4) is 0 Å². The smallest absolute Gasteiger partial charge is 0.234 e. The molecule has 1 aliphatic heterocycles. The van der Waals surface area contributed by atoms with Crippen LogP contribution in [0.25, 0.3) is 0 Å². The summed E-state index contributed by atoms with van der Waals surface area (Å²) in [7, 11) is 0. The van der Waals surface area contributed by atoms with Gasteiger partial charge in [-0.05, 0) is 45.2 Å². The van der Waals surface area contributed by atoms with Crippen LogP contribution in [-0.4, -0.2) is 29.9 Å². The number of hydrogen-bond acceptors (Lipinski definition) is 2. The number of nitrogens with zero attached hydrogens (tertiary/aromatic N) is 1. The molecule has 14 heavy (non-hydrogen) atoms. The van der Waals surface area contributed by atoms with Gasteiger partial charge in [-0.2, -0.15) is 0 Å². The molecule has 1 heterocycles. The Morgan fingerprint density at radius 2 is 2.21 bits per heavy atom. The molecule has 0 aliphatic carbocycles. The van der Waals surface area contributed by atoms with Gasteiger partial charge in [0.1, 0.15) is 0 Å². The van der Waals surface area contributed by atoms with Gasteiger partial charge in [-0.25, -0.2) is 0 Å². The van der Waals surface area contributed by atoms with E-state index in [1.807, 2.05) is 6.92 Å². The van der Waals surface area contributed by atoms with Crippen molar-refractivity contribution in [2.45, 2.75) is 45.6 Å². The summed E-state index contributed by atoms with van der Waals surface area (Å²) < 4.78 is 0. The van der Waals surface area contributed by atoms with E-state index in [4.69, 9.17) is 5.73 Å². The molecule has 82 valence electrons. The first-order chi connectivity index (χ1) is 6.65. The molecule has 2 N–H and O–H groups in total. The summed E-state index contributed by atoms with van der Waals surface area (Å²) in [5.41, 5.74) is 5.30. The first kappa shape index (κ1) is 11.5. The first-order valence-electron chi connectivity index (χ1n) is 5.68. The third-order valence-corrected chi connectivity index (χ3v) is 3.42. The molecule has 0 spiro atoms. The Bertz CT molecular complexity index is 194. The highest BCUT2D eigenvalue weighted by molar-refractivity contribution is 5.79. The van der Waals surface area contributed by atoms with Crippen molar-refractivity contribution in [2.75, 3.05) is 13.1 Å². The highest BCUT2D eigenvalue weighted by Gasteiger charge is 2.22. The number of carbonyl (C=O) groups excluding carboxylic acids is 1. The molecule has 0 aromatic carbocycles. The minimum Gasteiger partial charge on any atom is -0.368 e. The van der Waals surface area contributed by atoms with Gasteiger partial charge in [-0.1, -0.05) is 13.3 Å². The van der Waals surface area contributed by atoms with Crippen LogP contribution in [0.5, 0.6) is 0 Å². The lowest BCUT2D eigenvalue weighted by Gasteiger charge is -2.24. The lowest BCUT2D eigenvalue weighted by molar-refractivity contribution is -0.122. The molecule has 3 nitrogen and oxygen atoms in total. The largest absolute Gasteiger partial charge is 0.368 e. The van der Waals surface area contributed by atoms with Crippen LogP contribution in [0.1, 0.15) is 39.5 Å². The van der Waals surface area contributed by atoms with Crippen molar-refractivity contribution in [1.82, 2.24) is 4.90 Å². The topological polar surface area (TPSA) is 46.3 Å². The summed E-state index contributed by atoms with van der Waals surface area (Å²) in [5.74, 6) is 0.653. The van der Waals surface area contributed by atoms with Crippen molar-refractivity contribution >= 4 is 5.91 Å². The quantitative estimate of drug-likeness (QED) is 0.744. The molecular weight excluding hydrogens is 176 g/mol. The molecule has 1 aliphatic rings. The fourth-order valence-electron chi connectivity index (χ4n) is 2.16. The minimum absolute atomic E-state index is 0.0920. The standard InChI is InChI=1S/C11H22N2O/c1-3-10-5-4-7-13(8-6-10)9(2)11(12)14/h9-10H,3-8H2,1-2H3,(H2,12,14). The summed E-state index contributed by atoms with van der Waals surface area (Å²) in [5, 5.41) is 0. The van der Waals surface area contributed by atoms with Gasteiger partial charge in [0.15, 0.2) is 0 Å². The van der Waals surface area contributed by atoms with E-state index >= 15 is 0 Å². The number of amides is 1. The summed E-state index contributed by atoms with van der Waals surface area (Å²) in [6.07, 6.45) is 4.99. The second-order valence-corrected chi connectivity index (χ2v) is 4.32. The van der Waals surface area contributed by atoms with E-state index in [0.717, 1.165) is 19.0 Å². The molecule has 1 amide bonds. The zero-order chi connectivity index (χ0) is 10.6. The van der Waals surface area contributed by atoms with Gasteiger partial charge < -0.3 is 5.73 Å². The van der Waals surface area contributed by atoms with Gasteiger partial charge >= 0.3 is 0 Å². The van der Waals surface area contributed by atoms with E-state index in [9.17, 15) is 4.79 Å². The minimum atomic E-state index is -0.194. The number of carbonyl (C=O) groups is 1. The number of hydrogen-bond donors (Lipinski definition) is 1. The molecule has 0 saturated carbocycles. The van der Waals surface area contributed by atoms with Crippen molar-refractivity contribution in [2.24, 2.45) is 11.7 Å². The van der Waals surface area contributed by atoms with E-state index in [2.05, 4.69) is 11.8 Å². The second-order valence-electron chi connectivity index (χ2n) is 4.32. The third-order valence-electron chi connectivity index (χ3n) is 3.42. The molecule has 1 rings (SSSR count). The number of rotatable bonds is 3. The van der Waals surface area contributed by atoms with E-state index < -0.39 is 0 Å². The van der Waals surface area contributed by atoms with Crippen molar-refractivity contribution in [1.29, 1.82) is 0 Å². The Balaban J connectivity index is 2.45. The van der Waals surface area contributed by atoms with Crippen molar-refractivity contribution < 1.29 is 4.79 Å². The molecule has 2 atom stereocenters. The average molecular weight is 198 g/mol. The van der Waals surface area contributed by atoms with Crippen LogP contribution in [0.2, 0.25) is 0 Å². The Labute approximate surface area is 86.6 Å². The fourth-order valence-corrected chi connectivity index (χ4v) is 2.16. The van der Waals surface area contributed by atoms with E-state index in [0.29, 0.717) is 0 Å². The molecule has 0 bridgehead atoms.